The van der Waals surface area contributed by atoms with Crippen LogP contribution in [-0.4, -0.2) is 79.4 Å². The molecule has 7 atom stereocenters. The van der Waals surface area contributed by atoms with Gasteiger partial charge in [0.1, 0.15) is 17.5 Å². The molecule has 1 saturated carbocycles. The first kappa shape index (κ1) is 18.4. The molecule has 4 bridgehead atoms. The van der Waals surface area contributed by atoms with E-state index in [9.17, 15) is 14.7 Å². The highest BCUT2D eigenvalue weighted by atomic mass is 16.6. The molecule has 5 saturated heterocycles. The predicted octanol–water partition coefficient (Wildman–Crippen LogP) is 0.835. The van der Waals surface area contributed by atoms with Gasteiger partial charge in [0.2, 0.25) is 5.91 Å². The summed E-state index contributed by atoms with van der Waals surface area (Å²) < 4.78 is 17.9. The topological polar surface area (TPSA) is 91.8 Å². The number of phenols is 1. The lowest BCUT2D eigenvalue weighted by Crippen LogP contribution is -2.67. The summed E-state index contributed by atoms with van der Waals surface area (Å²) in [5.74, 6) is 0.322. The average molecular weight is 426 g/mol. The van der Waals surface area contributed by atoms with Gasteiger partial charge in [0, 0.05) is 24.8 Å². The molecule has 7 aliphatic rings. The largest absolute Gasteiger partial charge is 0.503 e. The molecule has 6 aliphatic heterocycles. The molecule has 7 unspecified atom stereocenters. The van der Waals surface area contributed by atoms with E-state index in [0.717, 1.165) is 18.7 Å². The minimum atomic E-state index is -0.841. The maximum absolute atomic E-state index is 14.0. The minimum absolute atomic E-state index is 0.00475. The number of hydrogen-bond acceptors (Lipinski definition) is 7. The van der Waals surface area contributed by atoms with E-state index in [2.05, 4.69) is 11.9 Å². The molecule has 164 valence electrons. The van der Waals surface area contributed by atoms with Crippen LogP contribution in [0.25, 0.3) is 0 Å². The Morgan fingerprint density at radius 1 is 1.26 bits per heavy atom. The number of methoxy groups -OCH3 is 1. The van der Waals surface area contributed by atoms with Crippen LogP contribution in [0.5, 0.6) is 11.5 Å². The third kappa shape index (κ3) is 1.94. The Kier molecular flexibility index (Phi) is 3.33. The fourth-order valence-corrected chi connectivity index (χ4v) is 7.71. The number of piperidine rings is 1. The number of amides is 1. The smallest absolute Gasteiger partial charge is 0.230 e. The van der Waals surface area contributed by atoms with Crippen molar-refractivity contribution in [3.8, 4) is 11.5 Å². The van der Waals surface area contributed by atoms with Crippen LogP contribution in [0.3, 0.4) is 0 Å². The van der Waals surface area contributed by atoms with Gasteiger partial charge < -0.3 is 29.1 Å². The van der Waals surface area contributed by atoms with Gasteiger partial charge in [-0.2, -0.15) is 0 Å². The first-order chi connectivity index (χ1) is 14.9. The van der Waals surface area contributed by atoms with Crippen LogP contribution in [0.1, 0.15) is 24.8 Å². The van der Waals surface area contributed by atoms with Crippen molar-refractivity contribution in [2.24, 2.45) is 11.8 Å². The maximum Gasteiger partial charge on any atom is 0.230 e. The third-order valence-electron chi connectivity index (χ3n) is 8.99. The number of carbonyl (C=O) groups is 2. The molecule has 1 aromatic carbocycles. The van der Waals surface area contributed by atoms with Crippen LogP contribution in [0.4, 0.5) is 5.69 Å². The monoisotopic (exact) mass is 426 g/mol. The number of ether oxygens (including phenoxy) is 3. The van der Waals surface area contributed by atoms with Crippen LogP contribution >= 0.6 is 0 Å². The highest BCUT2D eigenvalue weighted by molar-refractivity contribution is 6.07. The van der Waals surface area contributed by atoms with Gasteiger partial charge in [-0.3, -0.25) is 9.59 Å². The summed E-state index contributed by atoms with van der Waals surface area (Å²) in [5.41, 5.74) is -0.0143. The van der Waals surface area contributed by atoms with E-state index in [-0.39, 0.29) is 59.5 Å². The molecular weight excluding hydrogens is 400 g/mol. The SMILES string of the molecule is COc1ccc2c(c1O)N1C(=O)CC3OCC4OC45CN(C)CCC24C(=O)CC5C3C14. The third-order valence-corrected chi connectivity index (χ3v) is 8.99. The number of aromatic hydroxyl groups is 1. The number of ketones is 1. The molecule has 1 aromatic rings. The number of nitrogens with zero attached hydrogens (tertiary/aromatic N) is 2. The van der Waals surface area contributed by atoms with Crippen molar-refractivity contribution >= 4 is 17.4 Å². The Labute approximate surface area is 180 Å². The lowest BCUT2D eigenvalue weighted by Gasteiger charge is -2.53. The lowest BCUT2D eigenvalue weighted by molar-refractivity contribution is -0.144. The number of likely N-dealkylation sites (N-methyl/N-ethyl adjacent to an activating group) is 1. The van der Waals surface area contributed by atoms with Crippen LogP contribution in [0, 0.1) is 11.8 Å². The van der Waals surface area contributed by atoms with E-state index >= 15 is 0 Å². The number of phenolic OH excluding ortho intramolecular Hbond substituents is 1. The second kappa shape index (κ2) is 5.60. The van der Waals surface area contributed by atoms with Crippen molar-refractivity contribution in [2.45, 2.75) is 48.5 Å². The van der Waals surface area contributed by atoms with Gasteiger partial charge in [-0.15, -0.1) is 0 Å². The standard InChI is InChI=1S/C23H26N2O6/c1-24-6-5-22-11-3-4-13(29-2)20(28)19(11)25-17(27)8-14-18(21(22)25)12(7-15(22)26)23(10-24)16(31-23)9-30-14/h3-4,12,14,16,18,21,28H,5-10H2,1-2H3. The number of anilines is 1. The van der Waals surface area contributed by atoms with Crippen molar-refractivity contribution < 1.29 is 28.9 Å². The Morgan fingerprint density at radius 3 is 2.90 bits per heavy atom. The van der Waals surface area contributed by atoms with Gasteiger partial charge in [-0.25, -0.2) is 0 Å². The first-order valence-electron chi connectivity index (χ1n) is 11.2. The molecule has 1 amide bonds. The number of fused-ring (bicyclic) bond motifs is 6. The van der Waals surface area contributed by atoms with Crippen molar-refractivity contribution in [2.75, 3.05) is 38.8 Å². The van der Waals surface area contributed by atoms with Crippen molar-refractivity contribution in [1.29, 1.82) is 0 Å². The zero-order valence-electron chi connectivity index (χ0n) is 17.7. The van der Waals surface area contributed by atoms with Gasteiger partial charge in [-0.05, 0) is 31.6 Å². The maximum atomic E-state index is 14.0. The molecule has 0 radical (unpaired) electrons. The number of carbonyl (C=O) groups excluding carboxylic acids is 2. The van der Waals surface area contributed by atoms with E-state index in [1.165, 1.54) is 7.11 Å². The molecular formula is C23H26N2O6. The predicted molar refractivity (Wildman–Crippen MR) is 108 cm³/mol. The fraction of sp³-hybridized carbons (Fsp3) is 0.652. The van der Waals surface area contributed by atoms with Gasteiger partial charge in [-0.1, -0.05) is 6.07 Å². The van der Waals surface area contributed by atoms with Gasteiger partial charge >= 0.3 is 0 Å². The van der Waals surface area contributed by atoms with E-state index in [1.807, 2.05) is 6.07 Å². The summed E-state index contributed by atoms with van der Waals surface area (Å²) in [7, 11) is 3.58. The van der Waals surface area contributed by atoms with Crippen LogP contribution in [0.15, 0.2) is 12.1 Å². The van der Waals surface area contributed by atoms with E-state index in [4.69, 9.17) is 14.2 Å². The summed E-state index contributed by atoms with van der Waals surface area (Å²) >= 11 is 0. The molecule has 8 rings (SSSR count). The summed E-state index contributed by atoms with van der Waals surface area (Å²) in [5, 5.41) is 11.1. The first-order valence-corrected chi connectivity index (χ1v) is 11.2. The van der Waals surface area contributed by atoms with Crippen molar-refractivity contribution in [3.63, 3.8) is 0 Å². The second-order valence-electron chi connectivity index (χ2n) is 10.1. The van der Waals surface area contributed by atoms with E-state index < -0.39 is 5.41 Å². The molecule has 1 N–H and O–H groups in total. The summed E-state index contributed by atoms with van der Waals surface area (Å²) in [6.07, 6.45) is 1.05. The zero-order valence-corrected chi connectivity index (χ0v) is 17.7. The molecule has 6 fully saturated rings. The van der Waals surface area contributed by atoms with Crippen molar-refractivity contribution in [3.05, 3.63) is 17.7 Å². The lowest BCUT2D eigenvalue weighted by atomic mass is 9.54. The van der Waals surface area contributed by atoms with Crippen LogP contribution in [-0.2, 0) is 24.5 Å². The van der Waals surface area contributed by atoms with Crippen LogP contribution < -0.4 is 9.64 Å². The van der Waals surface area contributed by atoms with Gasteiger partial charge in [0.15, 0.2) is 11.5 Å². The summed E-state index contributed by atoms with van der Waals surface area (Å²) in [6, 6.07) is 3.24. The molecule has 1 aliphatic carbocycles. The fourth-order valence-electron chi connectivity index (χ4n) is 7.71. The highest BCUT2D eigenvalue weighted by Crippen LogP contribution is 2.66. The quantitative estimate of drug-likeness (QED) is 0.665. The zero-order chi connectivity index (χ0) is 21.3. The highest BCUT2D eigenvalue weighted by Gasteiger charge is 2.75. The van der Waals surface area contributed by atoms with Gasteiger partial charge in [0.05, 0.1) is 43.4 Å². The van der Waals surface area contributed by atoms with Crippen LogP contribution in [0.2, 0.25) is 0 Å². The summed E-state index contributed by atoms with van der Waals surface area (Å²) in [4.78, 5) is 31.5. The number of rotatable bonds is 1. The van der Waals surface area contributed by atoms with E-state index in [1.54, 1.807) is 11.0 Å². The average Bonchev–Trinajstić information content (AvgIpc) is 3.34. The summed E-state index contributed by atoms with van der Waals surface area (Å²) in [6.45, 7) is 1.97. The number of epoxide rings is 1. The molecule has 2 spiro atoms. The Balaban J connectivity index is 1.53. The van der Waals surface area contributed by atoms with Gasteiger partial charge in [0.25, 0.3) is 0 Å². The molecule has 0 aromatic heterocycles. The molecule has 8 nitrogen and oxygen atoms in total. The van der Waals surface area contributed by atoms with Crippen molar-refractivity contribution in [1.82, 2.24) is 4.90 Å². The second-order valence-corrected chi connectivity index (χ2v) is 10.1. The number of hydrogen-bond donors (Lipinski definition) is 1. The number of benzene rings is 1. The van der Waals surface area contributed by atoms with E-state index in [0.29, 0.717) is 30.9 Å². The Hall–Kier alpha value is -2.16. The Morgan fingerprint density at radius 2 is 2.10 bits per heavy atom. The minimum Gasteiger partial charge on any atom is -0.503 e. The molecule has 31 heavy (non-hydrogen) atoms. The normalized spacial score (nSPS) is 44.7. The molecule has 6 heterocycles. The molecule has 8 heteroatoms. The Bertz CT molecular complexity index is 1040. The number of Topliss-reactive ketones (excluding diaryl/α,β-unsaturated/α-hetero) is 1.